The average molecular weight is 256 g/mol. The number of nitrogens with zero attached hydrogens (tertiary/aromatic N) is 4. The van der Waals surface area contributed by atoms with Crippen LogP contribution in [-0.2, 0) is 11.8 Å². The largest absolute Gasteiger partial charge is 0.368 e. The van der Waals surface area contributed by atoms with Gasteiger partial charge in [-0.3, -0.25) is 4.90 Å². The Hall–Kier alpha value is -0.590. The Morgan fingerprint density at radius 1 is 1.59 bits per heavy atom. The summed E-state index contributed by atoms with van der Waals surface area (Å²) in [5.41, 5.74) is 0. The first-order valence-corrected chi connectivity index (χ1v) is 7.37. The van der Waals surface area contributed by atoms with Crippen molar-refractivity contribution < 1.29 is 4.74 Å². The van der Waals surface area contributed by atoms with Crippen LogP contribution in [0.5, 0.6) is 0 Å². The van der Waals surface area contributed by atoms with E-state index in [-0.39, 0.29) is 6.10 Å². The number of thioether (sulfide) groups is 1. The normalized spacial score (nSPS) is 21.9. The minimum absolute atomic E-state index is 0.0746. The van der Waals surface area contributed by atoms with Crippen molar-refractivity contribution in [3.8, 4) is 0 Å². The van der Waals surface area contributed by atoms with Crippen molar-refractivity contribution in [1.29, 1.82) is 0 Å². The van der Waals surface area contributed by atoms with Gasteiger partial charge in [-0.15, -0.1) is 10.2 Å². The van der Waals surface area contributed by atoms with Crippen molar-refractivity contribution in [3.05, 3.63) is 12.2 Å². The summed E-state index contributed by atoms with van der Waals surface area (Å²) in [5, 5.41) is 8.04. The molecule has 0 saturated carbocycles. The molecule has 0 N–H and O–H groups in total. The van der Waals surface area contributed by atoms with Gasteiger partial charge in [-0.05, 0) is 25.0 Å². The molecule has 1 aromatic heterocycles. The number of aryl methyl sites for hydroxylation is 1. The lowest BCUT2D eigenvalue weighted by atomic mass is 10.2. The van der Waals surface area contributed by atoms with Gasteiger partial charge in [0.1, 0.15) is 12.4 Å². The number of ether oxygens (including phenoxy) is 1. The fourth-order valence-electron chi connectivity index (χ4n) is 2.08. The summed E-state index contributed by atoms with van der Waals surface area (Å²) < 4.78 is 7.71. The minimum atomic E-state index is 0.0746. The summed E-state index contributed by atoms with van der Waals surface area (Å²) in [6.45, 7) is 3.90. The van der Waals surface area contributed by atoms with Crippen molar-refractivity contribution >= 4 is 11.8 Å². The third-order valence-electron chi connectivity index (χ3n) is 3.01. The van der Waals surface area contributed by atoms with E-state index in [1.807, 2.05) is 23.4 Å². The number of aromatic nitrogens is 3. The van der Waals surface area contributed by atoms with Gasteiger partial charge in [0.25, 0.3) is 0 Å². The summed E-state index contributed by atoms with van der Waals surface area (Å²) in [4.78, 5) is 2.46. The maximum Gasteiger partial charge on any atom is 0.163 e. The van der Waals surface area contributed by atoms with Crippen molar-refractivity contribution in [2.75, 3.05) is 38.2 Å². The summed E-state index contributed by atoms with van der Waals surface area (Å²) >= 11 is 1.91. The Balaban J connectivity index is 1.87. The second kappa shape index (κ2) is 6.37. The summed E-state index contributed by atoms with van der Waals surface area (Å²) in [7, 11) is 1.96. The molecule has 1 saturated heterocycles. The Kier molecular flexibility index (Phi) is 4.82. The molecule has 1 aliphatic heterocycles. The van der Waals surface area contributed by atoms with E-state index in [1.165, 1.54) is 12.2 Å². The predicted molar refractivity (Wildman–Crippen MR) is 69.1 cm³/mol. The first kappa shape index (κ1) is 12.9. The van der Waals surface area contributed by atoms with E-state index in [9.17, 15) is 0 Å². The zero-order valence-electron chi connectivity index (χ0n) is 10.5. The van der Waals surface area contributed by atoms with E-state index in [4.69, 9.17) is 4.74 Å². The van der Waals surface area contributed by atoms with Gasteiger partial charge in [0, 0.05) is 20.1 Å². The topological polar surface area (TPSA) is 43.2 Å². The van der Waals surface area contributed by atoms with E-state index in [1.54, 1.807) is 6.33 Å². The molecular weight excluding hydrogens is 236 g/mol. The Morgan fingerprint density at radius 2 is 2.47 bits per heavy atom. The fourth-order valence-corrected chi connectivity index (χ4v) is 2.50. The Labute approximate surface area is 107 Å². The van der Waals surface area contributed by atoms with Gasteiger partial charge < -0.3 is 9.30 Å². The molecule has 1 aliphatic rings. The monoisotopic (exact) mass is 256 g/mol. The van der Waals surface area contributed by atoms with Crippen LogP contribution >= 0.6 is 11.8 Å². The van der Waals surface area contributed by atoms with E-state index in [2.05, 4.69) is 21.4 Å². The number of hydrogen-bond donors (Lipinski definition) is 0. The third-order valence-corrected chi connectivity index (χ3v) is 3.70. The van der Waals surface area contributed by atoms with Crippen LogP contribution in [0.15, 0.2) is 6.33 Å². The molecule has 1 unspecified atom stereocenters. The van der Waals surface area contributed by atoms with Gasteiger partial charge in [-0.25, -0.2) is 0 Å². The van der Waals surface area contributed by atoms with Crippen LogP contribution in [-0.4, -0.2) is 57.9 Å². The lowest BCUT2D eigenvalue weighted by molar-refractivity contribution is -0.0354. The molecule has 2 heterocycles. The molecule has 0 aromatic carbocycles. The Morgan fingerprint density at radius 3 is 3.18 bits per heavy atom. The van der Waals surface area contributed by atoms with Gasteiger partial charge in [-0.1, -0.05) is 0 Å². The van der Waals surface area contributed by atoms with Gasteiger partial charge in [0.05, 0.1) is 6.61 Å². The highest BCUT2D eigenvalue weighted by atomic mass is 32.2. The lowest BCUT2D eigenvalue weighted by Gasteiger charge is -2.32. The number of rotatable bonds is 5. The average Bonchev–Trinajstić information content (AvgIpc) is 2.76. The molecule has 1 fully saturated rings. The fraction of sp³-hybridized carbons (Fsp3) is 0.818. The molecule has 5 nitrogen and oxygen atoms in total. The maximum absolute atomic E-state index is 5.77. The number of morpholine rings is 1. The highest BCUT2D eigenvalue weighted by molar-refractivity contribution is 7.98. The molecule has 0 amide bonds. The summed E-state index contributed by atoms with van der Waals surface area (Å²) in [5.74, 6) is 2.16. The van der Waals surface area contributed by atoms with Crippen LogP contribution in [0.1, 0.15) is 18.3 Å². The maximum atomic E-state index is 5.77. The second-order valence-electron chi connectivity index (χ2n) is 4.31. The molecule has 1 atom stereocenters. The zero-order chi connectivity index (χ0) is 12.1. The first-order chi connectivity index (χ1) is 8.31. The van der Waals surface area contributed by atoms with Crippen molar-refractivity contribution in [2.24, 2.45) is 7.05 Å². The quantitative estimate of drug-likeness (QED) is 0.734. The molecule has 0 aliphatic carbocycles. The first-order valence-electron chi connectivity index (χ1n) is 5.98. The van der Waals surface area contributed by atoms with Gasteiger partial charge in [0.2, 0.25) is 0 Å². The van der Waals surface area contributed by atoms with E-state index < -0.39 is 0 Å². The predicted octanol–water partition coefficient (Wildman–Crippen LogP) is 0.942. The van der Waals surface area contributed by atoms with Crippen molar-refractivity contribution in [2.45, 2.75) is 12.5 Å². The van der Waals surface area contributed by atoms with Crippen LogP contribution in [0.4, 0.5) is 0 Å². The van der Waals surface area contributed by atoms with Crippen LogP contribution in [0, 0.1) is 0 Å². The second-order valence-corrected chi connectivity index (χ2v) is 5.29. The highest BCUT2D eigenvalue weighted by Gasteiger charge is 2.24. The smallest absolute Gasteiger partial charge is 0.163 e. The number of hydrogen-bond acceptors (Lipinski definition) is 5. The molecule has 1 aromatic rings. The van der Waals surface area contributed by atoms with E-state index in [0.29, 0.717) is 0 Å². The van der Waals surface area contributed by atoms with Crippen LogP contribution in [0.2, 0.25) is 0 Å². The minimum Gasteiger partial charge on any atom is -0.368 e. The standard InChI is InChI=1S/C11H20N4OS/c1-14-9-12-13-11(14)10-8-15(5-6-16-10)4-3-7-17-2/h9-10H,3-8H2,1-2H3. The molecule has 2 rings (SSSR count). The zero-order valence-corrected chi connectivity index (χ0v) is 11.3. The highest BCUT2D eigenvalue weighted by Crippen LogP contribution is 2.19. The molecule has 0 spiro atoms. The van der Waals surface area contributed by atoms with Crippen LogP contribution in [0.25, 0.3) is 0 Å². The van der Waals surface area contributed by atoms with Gasteiger partial charge in [-0.2, -0.15) is 11.8 Å². The lowest BCUT2D eigenvalue weighted by Crippen LogP contribution is -2.39. The molecule has 96 valence electrons. The SMILES string of the molecule is CSCCCN1CCOC(c2nncn2C)C1. The van der Waals surface area contributed by atoms with Crippen molar-refractivity contribution in [3.63, 3.8) is 0 Å². The van der Waals surface area contributed by atoms with Gasteiger partial charge in [0.15, 0.2) is 5.82 Å². The van der Waals surface area contributed by atoms with Crippen LogP contribution in [0.3, 0.4) is 0 Å². The van der Waals surface area contributed by atoms with Crippen molar-refractivity contribution in [1.82, 2.24) is 19.7 Å². The van der Waals surface area contributed by atoms with E-state index >= 15 is 0 Å². The Bertz CT molecular complexity index is 344. The van der Waals surface area contributed by atoms with Gasteiger partial charge >= 0.3 is 0 Å². The van der Waals surface area contributed by atoms with E-state index in [0.717, 1.165) is 32.1 Å². The molecule has 17 heavy (non-hydrogen) atoms. The van der Waals surface area contributed by atoms with Crippen LogP contribution < -0.4 is 0 Å². The summed E-state index contributed by atoms with van der Waals surface area (Å²) in [6, 6.07) is 0. The summed E-state index contributed by atoms with van der Waals surface area (Å²) in [6.07, 6.45) is 5.20. The molecule has 0 bridgehead atoms. The molecule has 0 radical (unpaired) electrons. The molecule has 6 heteroatoms. The molecular formula is C11H20N4OS. The third kappa shape index (κ3) is 3.43.